The normalized spacial score (nSPS) is 16.1. The number of ether oxygens (including phenoxy) is 1. The van der Waals surface area contributed by atoms with Gasteiger partial charge in [0.05, 0.1) is 18.3 Å². The number of hydrogen-bond donors (Lipinski definition) is 3. The number of hydrogen-bond acceptors (Lipinski definition) is 9. The van der Waals surface area contributed by atoms with Gasteiger partial charge in [-0.1, -0.05) is 13.0 Å². The Bertz CT molecular complexity index is 1290. The van der Waals surface area contributed by atoms with Crippen LogP contribution in [0.5, 0.6) is 5.75 Å². The van der Waals surface area contributed by atoms with Crippen LogP contribution in [0.4, 0.5) is 5.82 Å². The summed E-state index contributed by atoms with van der Waals surface area (Å²) in [7, 11) is 0. The molecule has 0 saturated carbocycles. The van der Waals surface area contributed by atoms with Crippen molar-refractivity contribution in [3.8, 4) is 5.75 Å². The fourth-order valence-corrected chi connectivity index (χ4v) is 4.98. The molecule has 0 aliphatic carbocycles. The van der Waals surface area contributed by atoms with E-state index in [1.165, 1.54) is 17.5 Å². The predicted molar refractivity (Wildman–Crippen MR) is 148 cm³/mol. The molecule has 11 nitrogen and oxygen atoms in total. The molecule has 1 saturated heterocycles. The van der Waals surface area contributed by atoms with Crippen molar-refractivity contribution in [3.63, 3.8) is 0 Å². The smallest absolute Gasteiger partial charge is 0.251 e. The zero-order valence-corrected chi connectivity index (χ0v) is 22.7. The Morgan fingerprint density at radius 1 is 1.23 bits per heavy atom. The molecule has 0 spiro atoms. The van der Waals surface area contributed by atoms with Gasteiger partial charge in [-0.3, -0.25) is 14.5 Å². The summed E-state index contributed by atoms with van der Waals surface area (Å²) in [6.45, 7) is 5.76. The molecule has 0 radical (unpaired) electrons. The van der Waals surface area contributed by atoms with E-state index in [-0.39, 0.29) is 24.4 Å². The van der Waals surface area contributed by atoms with Gasteiger partial charge in [0.1, 0.15) is 18.2 Å². The summed E-state index contributed by atoms with van der Waals surface area (Å²) in [4.78, 5) is 36.9. The summed E-state index contributed by atoms with van der Waals surface area (Å²) in [5.41, 5.74) is 2.91. The lowest BCUT2D eigenvalue weighted by molar-refractivity contribution is -0.135. The molecule has 40 heavy (non-hydrogen) atoms. The van der Waals surface area contributed by atoms with Gasteiger partial charge >= 0.3 is 0 Å². The fraction of sp³-hybridized carbons (Fsp3) is 0.448. The number of aromatic nitrogens is 2. The van der Waals surface area contributed by atoms with Crippen LogP contribution in [0.2, 0.25) is 0 Å². The zero-order chi connectivity index (χ0) is 27.9. The van der Waals surface area contributed by atoms with Crippen LogP contribution < -0.4 is 15.4 Å². The molecule has 2 amide bonds. The SMILES string of the molecule is CCCC(=O)N1CC(Nc2cc(C(=O)NC[C@H](O)CN3CCc4cc(OCc5cnco5)ccc4C3)ccn2)C1. The van der Waals surface area contributed by atoms with E-state index < -0.39 is 6.10 Å². The van der Waals surface area contributed by atoms with Crippen LogP contribution in [0.3, 0.4) is 0 Å². The molecule has 3 aromatic rings. The number of carbonyl (C=O) groups excluding carboxylic acids is 2. The molecular formula is C29H36N6O5. The Kier molecular flexibility index (Phi) is 8.92. The highest BCUT2D eigenvalue weighted by Crippen LogP contribution is 2.24. The maximum atomic E-state index is 12.7. The number of pyridine rings is 1. The van der Waals surface area contributed by atoms with Crippen molar-refractivity contribution in [1.82, 2.24) is 25.1 Å². The Balaban J connectivity index is 1.04. The second-order valence-electron chi connectivity index (χ2n) is 10.4. The number of nitrogens with zero attached hydrogens (tertiary/aromatic N) is 4. The topological polar surface area (TPSA) is 133 Å². The number of aliphatic hydroxyl groups is 1. The molecule has 0 unspecified atom stereocenters. The fourth-order valence-electron chi connectivity index (χ4n) is 4.98. The molecule has 1 atom stereocenters. The van der Waals surface area contributed by atoms with Crippen LogP contribution in [0.1, 0.15) is 47.0 Å². The summed E-state index contributed by atoms with van der Waals surface area (Å²) in [5.74, 6) is 1.97. The molecule has 11 heteroatoms. The number of β-amino-alcohol motifs (C(OH)–C–C–N with tert-alkyl or cyclic N) is 1. The quantitative estimate of drug-likeness (QED) is 0.312. The highest BCUT2D eigenvalue weighted by atomic mass is 16.5. The van der Waals surface area contributed by atoms with E-state index in [1.807, 2.05) is 17.9 Å². The van der Waals surface area contributed by atoms with Gasteiger partial charge in [0, 0.05) is 57.4 Å². The predicted octanol–water partition coefficient (Wildman–Crippen LogP) is 2.22. The largest absolute Gasteiger partial charge is 0.486 e. The molecule has 2 aromatic heterocycles. The van der Waals surface area contributed by atoms with E-state index in [0.717, 1.165) is 31.7 Å². The van der Waals surface area contributed by atoms with Crippen LogP contribution in [0, 0.1) is 0 Å². The molecule has 2 aliphatic heterocycles. The van der Waals surface area contributed by atoms with Crippen molar-refractivity contribution >= 4 is 17.6 Å². The average Bonchev–Trinajstić information content (AvgIpc) is 3.46. The first-order valence-corrected chi connectivity index (χ1v) is 13.8. The Hall–Kier alpha value is -3.96. The number of oxazole rings is 1. The van der Waals surface area contributed by atoms with Crippen molar-refractivity contribution in [3.05, 3.63) is 71.6 Å². The van der Waals surface area contributed by atoms with Gasteiger partial charge in [-0.2, -0.15) is 0 Å². The third-order valence-electron chi connectivity index (χ3n) is 7.17. The van der Waals surface area contributed by atoms with Crippen LogP contribution in [0.15, 0.2) is 53.5 Å². The standard InChI is InChI=1S/C29H36N6O5/c1-2-3-28(37)35-15-23(16-35)33-27-11-21(6-8-31-27)29(38)32-12-24(36)17-34-9-7-20-10-25(5-4-22(20)14-34)39-18-26-13-30-19-40-26/h4-6,8,10-11,13,19,23-24,36H,2-3,7,9,12,14-18H2,1H3,(H,31,33)(H,32,38)/t24-/m0/s1. The minimum absolute atomic E-state index is 0.126. The van der Waals surface area contributed by atoms with Crippen molar-refractivity contribution in [2.24, 2.45) is 0 Å². The lowest BCUT2D eigenvalue weighted by atomic mass is 9.99. The summed E-state index contributed by atoms with van der Waals surface area (Å²) in [5, 5.41) is 16.7. The summed E-state index contributed by atoms with van der Waals surface area (Å²) in [6, 6.07) is 9.54. The zero-order valence-electron chi connectivity index (χ0n) is 22.7. The number of anilines is 1. The van der Waals surface area contributed by atoms with Gasteiger partial charge in [-0.05, 0) is 48.2 Å². The number of aliphatic hydroxyl groups excluding tert-OH is 1. The Morgan fingerprint density at radius 2 is 2.10 bits per heavy atom. The molecule has 4 heterocycles. The molecule has 1 fully saturated rings. The van der Waals surface area contributed by atoms with E-state index in [4.69, 9.17) is 9.15 Å². The van der Waals surface area contributed by atoms with Gasteiger partial charge in [-0.15, -0.1) is 0 Å². The van der Waals surface area contributed by atoms with Gasteiger partial charge in [0.15, 0.2) is 12.2 Å². The van der Waals surface area contributed by atoms with Crippen LogP contribution in [-0.2, 0) is 24.4 Å². The minimum atomic E-state index is -0.698. The number of carbonyl (C=O) groups is 2. The maximum Gasteiger partial charge on any atom is 0.251 e. The van der Waals surface area contributed by atoms with Crippen molar-refractivity contribution in [2.75, 3.05) is 38.0 Å². The van der Waals surface area contributed by atoms with Gasteiger partial charge < -0.3 is 29.8 Å². The first-order chi connectivity index (χ1) is 19.5. The van der Waals surface area contributed by atoms with E-state index in [1.54, 1.807) is 24.5 Å². The van der Waals surface area contributed by atoms with Crippen molar-refractivity contribution < 1.29 is 23.8 Å². The van der Waals surface area contributed by atoms with Crippen LogP contribution >= 0.6 is 0 Å². The highest BCUT2D eigenvalue weighted by Gasteiger charge is 2.30. The van der Waals surface area contributed by atoms with E-state index in [0.29, 0.717) is 49.8 Å². The van der Waals surface area contributed by atoms with E-state index in [2.05, 4.69) is 37.6 Å². The number of fused-ring (bicyclic) bond motifs is 1. The molecule has 3 N–H and O–H groups in total. The van der Waals surface area contributed by atoms with Gasteiger partial charge in [0.2, 0.25) is 5.91 Å². The highest BCUT2D eigenvalue weighted by molar-refractivity contribution is 5.94. The molecule has 2 aliphatic rings. The molecule has 212 valence electrons. The lowest BCUT2D eigenvalue weighted by Gasteiger charge is -2.39. The third kappa shape index (κ3) is 7.16. The van der Waals surface area contributed by atoms with E-state index in [9.17, 15) is 14.7 Å². The second kappa shape index (κ2) is 12.9. The number of likely N-dealkylation sites (tertiary alicyclic amines) is 1. The summed E-state index contributed by atoms with van der Waals surface area (Å²) < 4.78 is 11.0. The average molecular weight is 549 g/mol. The van der Waals surface area contributed by atoms with Crippen molar-refractivity contribution in [1.29, 1.82) is 0 Å². The molecule has 0 bridgehead atoms. The number of amides is 2. The first kappa shape index (κ1) is 27.6. The van der Waals surface area contributed by atoms with Gasteiger partial charge in [0.25, 0.3) is 5.91 Å². The molecule has 5 rings (SSSR count). The lowest BCUT2D eigenvalue weighted by Crippen LogP contribution is -2.57. The first-order valence-electron chi connectivity index (χ1n) is 13.8. The molecular weight excluding hydrogens is 512 g/mol. The Morgan fingerprint density at radius 3 is 2.90 bits per heavy atom. The molecule has 1 aromatic carbocycles. The van der Waals surface area contributed by atoms with Crippen LogP contribution in [-0.4, -0.2) is 81.6 Å². The minimum Gasteiger partial charge on any atom is -0.486 e. The third-order valence-corrected chi connectivity index (χ3v) is 7.17. The maximum absolute atomic E-state index is 12.7. The van der Waals surface area contributed by atoms with Crippen molar-refractivity contribution in [2.45, 2.75) is 51.5 Å². The number of nitrogens with one attached hydrogen (secondary N) is 2. The monoisotopic (exact) mass is 548 g/mol. The second-order valence-corrected chi connectivity index (χ2v) is 10.4. The van der Waals surface area contributed by atoms with Crippen LogP contribution in [0.25, 0.3) is 0 Å². The number of rotatable bonds is 12. The number of benzene rings is 1. The van der Waals surface area contributed by atoms with E-state index >= 15 is 0 Å². The summed E-state index contributed by atoms with van der Waals surface area (Å²) >= 11 is 0. The summed E-state index contributed by atoms with van der Waals surface area (Å²) in [6.07, 6.45) is 6.18. The Labute approximate surface area is 233 Å². The van der Waals surface area contributed by atoms with Gasteiger partial charge in [-0.25, -0.2) is 9.97 Å².